The zero-order chi connectivity index (χ0) is 16.9. The molecule has 4 aliphatic carbocycles. The number of hydrogen-bond acceptors (Lipinski definition) is 4. The Labute approximate surface area is 149 Å². The fraction of sp³-hybridized carbons (Fsp3) is 0.667. The Morgan fingerprint density at radius 1 is 1.08 bits per heavy atom. The highest BCUT2D eigenvalue weighted by molar-refractivity contribution is 5.13. The third-order valence-electron chi connectivity index (χ3n) is 6.89. The third kappa shape index (κ3) is 3.00. The second-order valence-electron chi connectivity index (χ2n) is 9.10. The number of nitrogens with zero attached hydrogens (tertiary/aromatic N) is 3. The van der Waals surface area contributed by atoms with Crippen LogP contribution in [0.2, 0.25) is 0 Å². The molecule has 4 bridgehead atoms. The molecule has 0 amide bonds. The SMILES string of the molecule is C[C@@H](Cc1ccncc1)c1nc(CC23CC4CC(CC(C4)C2)C3)no1. The van der Waals surface area contributed by atoms with Gasteiger partial charge >= 0.3 is 0 Å². The molecular formula is C21H27N3O. The Morgan fingerprint density at radius 3 is 2.36 bits per heavy atom. The molecule has 0 aromatic carbocycles. The van der Waals surface area contributed by atoms with E-state index in [1.165, 1.54) is 44.1 Å². The summed E-state index contributed by atoms with van der Waals surface area (Å²) in [5.41, 5.74) is 1.74. The van der Waals surface area contributed by atoms with E-state index in [1.54, 1.807) is 0 Å². The summed E-state index contributed by atoms with van der Waals surface area (Å²) in [5.74, 6) is 4.91. The molecule has 0 N–H and O–H groups in total. The average molecular weight is 337 g/mol. The predicted octanol–water partition coefficient (Wildman–Crippen LogP) is 4.57. The van der Waals surface area contributed by atoms with Crippen molar-refractivity contribution in [1.29, 1.82) is 0 Å². The van der Waals surface area contributed by atoms with E-state index < -0.39 is 0 Å². The zero-order valence-corrected chi connectivity index (χ0v) is 15.0. The molecule has 2 heterocycles. The van der Waals surface area contributed by atoms with Crippen LogP contribution in [-0.2, 0) is 12.8 Å². The molecule has 0 radical (unpaired) electrons. The summed E-state index contributed by atoms with van der Waals surface area (Å²) in [4.78, 5) is 8.87. The Bertz CT molecular complexity index is 703. The van der Waals surface area contributed by atoms with Crippen LogP contribution in [0.3, 0.4) is 0 Å². The topological polar surface area (TPSA) is 51.8 Å². The Balaban J connectivity index is 1.28. The van der Waals surface area contributed by atoms with Crippen LogP contribution in [0.15, 0.2) is 29.0 Å². The van der Waals surface area contributed by atoms with Gasteiger partial charge in [0, 0.05) is 24.7 Å². The lowest BCUT2D eigenvalue weighted by Crippen LogP contribution is -2.47. The monoisotopic (exact) mass is 337 g/mol. The lowest BCUT2D eigenvalue weighted by Gasteiger charge is -2.56. The van der Waals surface area contributed by atoms with Gasteiger partial charge in [-0.15, -0.1) is 0 Å². The second-order valence-corrected chi connectivity index (χ2v) is 9.10. The molecule has 4 aliphatic rings. The molecule has 0 unspecified atom stereocenters. The van der Waals surface area contributed by atoms with Crippen molar-refractivity contribution in [1.82, 2.24) is 15.1 Å². The van der Waals surface area contributed by atoms with Gasteiger partial charge in [0.25, 0.3) is 0 Å². The minimum absolute atomic E-state index is 0.250. The molecule has 0 aliphatic heterocycles. The van der Waals surface area contributed by atoms with E-state index in [2.05, 4.69) is 29.2 Å². The predicted molar refractivity (Wildman–Crippen MR) is 95.0 cm³/mol. The van der Waals surface area contributed by atoms with Gasteiger partial charge in [-0.2, -0.15) is 4.98 Å². The van der Waals surface area contributed by atoms with Crippen LogP contribution in [0.1, 0.15) is 68.6 Å². The molecule has 6 rings (SSSR count). The van der Waals surface area contributed by atoms with Crippen molar-refractivity contribution < 1.29 is 4.52 Å². The van der Waals surface area contributed by atoms with Crippen molar-refractivity contribution >= 4 is 0 Å². The highest BCUT2D eigenvalue weighted by Crippen LogP contribution is 2.60. The van der Waals surface area contributed by atoms with Gasteiger partial charge in [0.05, 0.1) is 0 Å². The van der Waals surface area contributed by atoms with Gasteiger partial charge < -0.3 is 4.52 Å². The van der Waals surface area contributed by atoms with Crippen molar-refractivity contribution in [2.24, 2.45) is 23.2 Å². The minimum atomic E-state index is 0.250. The molecule has 4 nitrogen and oxygen atoms in total. The summed E-state index contributed by atoms with van der Waals surface area (Å²) in [5, 5.41) is 4.36. The van der Waals surface area contributed by atoms with Crippen LogP contribution in [0, 0.1) is 23.2 Å². The molecular weight excluding hydrogens is 310 g/mol. The Morgan fingerprint density at radius 2 is 1.72 bits per heavy atom. The fourth-order valence-electron chi connectivity index (χ4n) is 6.34. The molecule has 4 heteroatoms. The van der Waals surface area contributed by atoms with Crippen molar-refractivity contribution in [3.05, 3.63) is 41.8 Å². The molecule has 0 spiro atoms. The maximum atomic E-state index is 5.64. The summed E-state index contributed by atoms with van der Waals surface area (Å²) < 4.78 is 5.64. The van der Waals surface area contributed by atoms with Crippen molar-refractivity contribution in [3.8, 4) is 0 Å². The van der Waals surface area contributed by atoms with Crippen LogP contribution >= 0.6 is 0 Å². The summed E-state index contributed by atoms with van der Waals surface area (Å²) in [7, 11) is 0. The third-order valence-corrected chi connectivity index (χ3v) is 6.89. The van der Waals surface area contributed by atoms with Gasteiger partial charge in [0.2, 0.25) is 5.89 Å². The second kappa shape index (κ2) is 5.93. The first-order valence-electron chi connectivity index (χ1n) is 9.89. The van der Waals surface area contributed by atoms with Gasteiger partial charge in [-0.3, -0.25) is 4.98 Å². The Kier molecular flexibility index (Phi) is 3.68. The van der Waals surface area contributed by atoms with E-state index in [9.17, 15) is 0 Å². The summed E-state index contributed by atoms with van der Waals surface area (Å²) in [6.45, 7) is 2.17. The maximum absolute atomic E-state index is 5.64. The Hall–Kier alpha value is -1.71. The van der Waals surface area contributed by atoms with Crippen molar-refractivity contribution in [2.75, 3.05) is 0 Å². The molecule has 4 saturated carbocycles. The zero-order valence-electron chi connectivity index (χ0n) is 15.0. The van der Waals surface area contributed by atoms with Gasteiger partial charge in [-0.1, -0.05) is 12.1 Å². The highest BCUT2D eigenvalue weighted by Gasteiger charge is 2.51. The standard InChI is InChI=1S/C21H27N3O/c1-14(6-15-2-4-22-5-3-15)20-23-19(24-25-20)13-21-10-16-7-17(11-21)9-18(8-16)12-21/h2-5,14,16-18H,6-13H2,1H3/t14-,16?,17?,18?,21?/m0/s1. The largest absolute Gasteiger partial charge is 0.339 e. The maximum Gasteiger partial charge on any atom is 0.229 e. The molecule has 0 saturated heterocycles. The van der Waals surface area contributed by atoms with E-state index in [0.717, 1.165) is 42.3 Å². The average Bonchev–Trinajstić information content (AvgIpc) is 3.02. The minimum Gasteiger partial charge on any atom is -0.339 e. The van der Waals surface area contributed by atoms with Gasteiger partial charge in [0.15, 0.2) is 5.82 Å². The van der Waals surface area contributed by atoms with Crippen LogP contribution < -0.4 is 0 Å². The van der Waals surface area contributed by atoms with E-state index in [-0.39, 0.29) is 5.92 Å². The summed E-state index contributed by atoms with van der Waals surface area (Å²) in [6, 6.07) is 4.12. The lowest BCUT2D eigenvalue weighted by atomic mass is 9.49. The van der Waals surface area contributed by atoms with E-state index in [1.807, 2.05) is 12.4 Å². The van der Waals surface area contributed by atoms with Crippen LogP contribution in [0.25, 0.3) is 0 Å². The smallest absolute Gasteiger partial charge is 0.229 e. The van der Waals surface area contributed by atoms with Crippen LogP contribution in [-0.4, -0.2) is 15.1 Å². The van der Waals surface area contributed by atoms with E-state index in [0.29, 0.717) is 5.41 Å². The first kappa shape index (κ1) is 15.5. The normalized spacial score (nSPS) is 34.4. The van der Waals surface area contributed by atoms with Gasteiger partial charge in [-0.25, -0.2) is 0 Å². The van der Waals surface area contributed by atoms with Gasteiger partial charge in [0.1, 0.15) is 0 Å². The van der Waals surface area contributed by atoms with Crippen LogP contribution in [0.5, 0.6) is 0 Å². The number of pyridine rings is 1. The lowest BCUT2D eigenvalue weighted by molar-refractivity contribution is -0.0533. The van der Waals surface area contributed by atoms with Crippen molar-refractivity contribution in [3.63, 3.8) is 0 Å². The quantitative estimate of drug-likeness (QED) is 0.802. The first-order chi connectivity index (χ1) is 12.2. The van der Waals surface area contributed by atoms with Crippen molar-refractivity contribution in [2.45, 2.75) is 64.2 Å². The number of aromatic nitrogens is 3. The van der Waals surface area contributed by atoms with Gasteiger partial charge in [-0.05, 0) is 85.8 Å². The summed E-state index contributed by atoms with van der Waals surface area (Å²) >= 11 is 0. The van der Waals surface area contributed by atoms with E-state index in [4.69, 9.17) is 9.51 Å². The fourth-order valence-corrected chi connectivity index (χ4v) is 6.34. The molecule has 2 aromatic heterocycles. The van der Waals surface area contributed by atoms with Crippen LogP contribution in [0.4, 0.5) is 0 Å². The molecule has 2 aromatic rings. The van der Waals surface area contributed by atoms with E-state index >= 15 is 0 Å². The molecule has 4 fully saturated rings. The first-order valence-corrected chi connectivity index (χ1v) is 9.89. The number of rotatable bonds is 5. The molecule has 1 atom stereocenters. The molecule has 25 heavy (non-hydrogen) atoms. The highest BCUT2D eigenvalue weighted by atomic mass is 16.5. The number of hydrogen-bond donors (Lipinski definition) is 0. The molecule has 132 valence electrons. The summed E-state index contributed by atoms with van der Waals surface area (Å²) in [6.07, 6.45) is 14.3.